The van der Waals surface area contributed by atoms with Gasteiger partial charge in [-0.05, 0) is 31.0 Å². The van der Waals surface area contributed by atoms with Gasteiger partial charge in [0.1, 0.15) is 0 Å². The van der Waals surface area contributed by atoms with E-state index in [4.69, 9.17) is 8.94 Å². The van der Waals surface area contributed by atoms with Gasteiger partial charge in [-0.2, -0.15) is 4.98 Å². The van der Waals surface area contributed by atoms with Crippen molar-refractivity contribution in [3.63, 3.8) is 0 Å². The van der Waals surface area contributed by atoms with Crippen LogP contribution in [0.1, 0.15) is 30.1 Å². The highest BCUT2D eigenvalue weighted by Gasteiger charge is 2.25. The number of nitrogens with zero attached hydrogens (tertiary/aromatic N) is 2. The molecule has 2 aromatic heterocycles. The van der Waals surface area contributed by atoms with Gasteiger partial charge in [0.15, 0.2) is 23.0 Å². The molecule has 1 atom stereocenters. The molecule has 1 saturated heterocycles. The third kappa shape index (κ3) is 2.38. The molecule has 6 nitrogen and oxygen atoms in total. The molecule has 7 heteroatoms. The van der Waals surface area contributed by atoms with Gasteiger partial charge < -0.3 is 14.3 Å². The SMILES string of the molecule is Cc1ccc(F)c2oc(-c3nc(C4CCC(=O)NC4)no3)cc12. The lowest BCUT2D eigenvalue weighted by molar-refractivity contribution is -0.122. The van der Waals surface area contributed by atoms with Crippen molar-refractivity contribution in [3.05, 3.63) is 35.4 Å². The average Bonchev–Trinajstić information content (AvgIpc) is 3.19. The Morgan fingerprint density at radius 3 is 3.00 bits per heavy atom. The van der Waals surface area contributed by atoms with Gasteiger partial charge >= 0.3 is 0 Å². The zero-order valence-corrected chi connectivity index (χ0v) is 12.4. The second-order valence-electron chi connectivity index (χ2n) is 5.72. The minimum Gasteiger partial charge on any atom is -0.448 e. The minimum absolute atomic E-state index is 0.0213. The highest BCUT2D eigenvalue weighted by Crippen LogP contribution is 2.31. The number of benzene rings is 1. The van der Waals surface area contributed by atoms with E-state index in [9.17, 15) is 9.18 Å². The van der Waals surface area contributed by atoms with Crippen molar-refractivity contribution >= 4 is 16.9 Å². The lowest BCUT2D eigenvalue weighted by Gasteiger charge is -2.18. The summed E-state index contributed by atoms with van der Waals surface area (Å²) in [4.78, 5) is 15.5. The van der Waals surface area contributed by atoms with E-state index in [1.54, 1.807) is 12.1 Å². The number of piperidine rings is 1. The van der Waals surface area contributed by atoms with E-state index < -0.39 is 5.82 Å². The number of halogens is 1. The second kappa shape index (κ2) is 5.19. The lowest BCUT2D eigenvalue weighted by Crippen LogP contribution is -2.34. The molecule has 1 unspecified atom stereocenters. The first kappa shape index (κ1) is 13.9. The average molecular weight is 315 g/mol. The van der Waals surface area contributed by atoms with E-state index in [1.807, 2.05) is 6.92 Å². The van der Waals surface area contributed by atoms with Gasteiger partial charge in [-0.3, -0.25) is 4.79 Å². The van der Waals surface area contributed by atoms with Crippen LogP contribution in [0.4, 0.5) is 4.39 Å². The lowest BCUT2D eigenvalue weighted by atomic mass is 9.99. The molecule has 0 bridgehead atoms. The molecule has 1 amide bonds. The smallest absolute Gasteiger partial charge is 0.293 e. The first-order chi connectivity index (χ1) is 11.1. The Kier molecular flexibility index (Phi) is 3.14. The quantitative estimate of drug-likeness (QED) is 0.786. The van der Waals surface area contributed by atoms with Crippen LogP contribution >= 0.6 is 0 Å². The van der Waals surface area contributed by atoms with Gasteiger partial charge in [0.05, 0.1) is 0 Å². The normalized spacial score (nSPS) is 18.3. The van der Waals surface area contributed by atoms with Gasteiger partial charge in [-0.1, -0.05) is 11.2 Å². The summed E-state index contributed by atoms with van der Waals surface area (Å²) < 4.78 is 24.6. The number of hydrogen-bond acceptors (Lipinski definition) is 5. The van der Waals surface area contributed by atoms with E-state index in [1.165, 1.54) is 6.07 Å². The Bertz CT molecular complexity index is 850. The molecule has 0 radical (unpaired) electrons. The predicted octanol–water partition coefficient (Wildman–Crippen LogP) is 2.92. The number of furan rings is 1. The fourth-order valence-corrected chi connectivity index (χ4v) is 2.78. The summed E-state index contributed by atoms with van der Waals surface area (Å²) in [5.41, 5.74) is 1.09. The molecule has 0 spiro atoms. The number of carbonyl (C=O) groups is 1. The van der Waals surface area contributed by atoms with Gasteiger partial charge in [-0.25, -0.2) is 4.39 Å². The van der Waals surface area contributed by atoms with Crippen LogP contribution < -0.4 is 5.32 Å². The first-order valence-corrected chi connectivity index (χ1v) is 7.41. The van der Waals surface area contributed by atoms with Crippen LogP contribution in [0.15, 0.2) is 27.1 Å². The van der Waals surface area contributed by atoms with Gasteiger partial charge in [0, 0.05) is 24.3 Å². The van der Waals surface area contributed by atoms with E-state index in [-0.39, 0.29) is 23.3 Å². The van der Waals surface area contributed by atoms with E-state index in [0.29, 0.717) is 36.4 Å². The first-order valence-electron chi connectivity index (χ1n) is 7.41. The molecule has 1 N–H and O–H groups in total. The number of carbonyl (C=O) groups excluding carboxylic acids is 1. The van der Waals surface area contributed by atoms with Gasteiger partial charge in [0.25, 0.3) is 5.89 Å². The fraction of sp³-hybridized carbons (Fsp3) is 0.312. The van der Waals surface area contributed by atoms with Crippen LogP contribution in [0.3, 0.4) is 0 Å². The zero-order chi connectivity index (χ0) is 16.0. The van der Waals surface area contributed by atoms with Crippen LogP contribution in [0.2, 0.25) is 0 Å². The van der Waals surface area contributed by atoms with Crippen LogP contribution in [0.25, 0.3) is 22.6 Å². The van der Waals surface area contributed by atoms with E-state index in [2.05, 4.69) is 15.5 Å². The number of nitrogens with one attached hydrogen (secondary N) is 1. The number of aromatic nitrogens is 2. The van der Waals surface area contributed by atoms with Crippen molar-refractivity contribution in [2.45, 2.75) is 25.7 Å². The van der Waals surface area contributed by atoms with Crippen molar-refractivity contribution in [1.29, 1.82) is 0 Å². The Morgan fingerprint density at radius 2 is 2.26 bits per heavy atom. The molecule has 1 aliphatic rings. The summed E-state index contributed by atoms with van der Waals surface area (Å²) in [6.07, 6.45) is 1.13. The van der Waals surface area contributed by atoms with Gasteiger partial charge in [0.2, 0.25) is 5.91 Å². The Labute approximate surface area is 130 Å². The Balaban J connectivity index is 1.68. The maximum Gasteiger partial charge on any atom is 0.293 e. The molecule has 0 aliphatic carbocycles. The summed E-state index contributed by atoms with van der Waals surface area (Å²) in [6.45, 7) is 2.37. The topological polar surface area (TPSA) is 81.2 Å². The number of fused-ring (bicyclic) bond motifs is 1. The maximum atomic E-state index is 13.8. The number of aryl methyl sites for hydroxylation is 1. The predicted molar refractivity (Wildman–Crippen MR) is 79.2 cm³/mol. The van der Waals surface area contributed by atoms with Crippen LogP contribution in [0, 0.1) is 12.7 Å². The summed E-state index contributed by atoms with van der Waals surface area (Å²) >= 11 is 0. The van der Waals surface area contributed by atoms with Crippen molar-refractivity contribution in [3.8, 4) is 11.7 Å². The summed E-state index contributed by atoms with van der Waals surface area (Å²) in [5, 5.41) is 7.43. The molecule has 3 aromatic rings. The number of amides is 1. The van der Waals surface area contributed by atoms with Crippen LogP contribution in [0.5, 0.6) is 0 Å². The molecule has 4 rings (SSSR count). The summed E-state index contributed by atoms with van der Waals surface area (Å²) in [7, 11) is 0. The molecular formula is C16H14FN3O3. The number of hydrogen-bond donors (Lipinski definition) is 1. The van der Waals surface area contributed by atoms with Crippen molar-refractivity contribution in [1.82, 2.24) is 15.5 Å². The molecular weight excluding hydrogens is 301 g/mol. The van der Waals surface area contributed by atoms with Crippen LogP contribution in [-0.2, 0) is 4.79 Å². The third-order valence-corrected chi connectivity index (χ3v) is 4.14. The Hall–Kier alpha value is -2.70. The standard InChI is InChI=1S/C16H14FN3O3/c1-8-2-4-11(17)14-10(8)6-12(22-14)16-19-15(20-23-16)9-3-5-13(21)18-7-9/h2,4,6,9H,3,5,7H2,1H3,(H,18,21). The zero-order valence-electron chi connectivity index (χ0n) is 12.4. The summed E-state index contributed by atoms with van der Waals surface area (Å²) in [6, 6.07) is 4.77. The van der Waals surface area contributed by atoms with E-state index in [0.717, 1.165) is 5.56 Å². The van der Waals surface area contributed by atoms with Crippen molar-refractivity contribution in [2.24, 2.45) is 0 Å². The molecule has 1 aromatic carbocycles. The fourth-order valence-electron chi connectivity index (χ4n) is 2.78. The summed E-state index contributed by atoms with van der Waals surface area (Å²) in [5.74, 6) is 0.712. The monoisotopic (exact) mass is 315 g/mol. The largest absolute Gasteiger partial charge is 0.448 e. The second-order valence-corrected chi connectivity index (χ2v) is 5.72. The molecule has 0 saturated carbocycles. The van der Waals surface area contributed by atoms with Crippen molar-refractivity contribution < 1.29 is 18.1 Å². The van der Waals surface area contributed by atoms with Crippen molar-refractivity contribution in [2.75, 3.05) is 6.54 Å². The highest BCUT2D eigenvalue weighted by atomic mass is 19.1. The highest BCUT2D eigenvalue weighted by molar-refractivity contribution is 5.85. The third-order valence-electron chi connectivity index (χ3n) is 4.14. The molecule has 3 heterocycles. The Morgan fingerprint density at radius 1 is 1.39 bits per heavy atom. The van der Waals surface area contributed by atoms with Crippen LogP contribution in [-0.4, -0.2) is 22.6 Å². The number of rotatable bonds is 2. The maximum absolute atomic E-state index is 13.8. The molecule has 118 valence electrons. The molecule has 1 aliphatic heterocycles. The molecule has 1 fully saturated rings. The van der Waals surface area contributed by atoms with Gasteiger partial charge in [-0.15, -0.1) is 0 Å². The van der Waals surface area contributed by atoms with E-state index >= 15 is 0 Å². The minimum atomic E-state index is -0.424. The molecule has 23 heavy (non-hydrogen) atoms.